The van der Waals surface area contributed by atoms with Gasteiger partial charge in [0, 0.05) is 0 Å². The van der Waals surface area contributed by atoms with Gasteiger partial charge < -0.3 is 15.3 Å². The van der Waals surface area contributed by atoms with Crippen LogP contribution in [0.3, 0.4) is 0 Å². The maximum absolute atomic E-state index is 11.3. The van der Waals surface area contributed by atoms with Gasteiger partial charge in [-0.3, -0.25) is 14.4 Å². The van der Waals surface area contributed by atoms with E-state index in [2.05, 4.69) is 0 Å². The normalized spacial score (nSPS) is 13.0. The Balaban J connectivity index is -0.000000174. The Bertz CT molecular complexity index is 606. The van der Waals surface area contributed by atoms with E-state index in [9.17, 15) is 69.2 Å². The van der Waals surface area contributed by atoms with Crippen LogP contribution in [0.15, 0.2) is 35.5 Å². The molecule has 0 amide bonds. The number of alkyl halides is 9. The molecule has 0 aromatic rings. The van der Waals surface area contributed by atoms with Crippen molar-refractivity contribution in [2.45, 2.75) is 39.3 Å². The first kappa shape index (κ1) is 35.9. The molecule has 0 aliphatic heterocycles. The summed E-state index contributed by atoms with van der Waals surface area (Å²) in [7, 11) is 0. The molecule has 0 saturated carbocycles. The third kappa shape index (κ3) is 23.7. The number of allylic oxidation sites excluding steroid dienone is 6. The average molecular weight is 515 g/mol. The van der Waals surface area contributed by atoms with Crippen LogP contribution in [0.2, 0.25) is 0 Å². The van der Waals surface area contributed by atoms with E-state index < -0.39 is 53.2 Å². The van der Waals surface area contributed by atoms with E-state index in [0.717, 1.165) is 20.8 Å². The van der Waals surface area contributed by atoms with Crippen LogP contribution in [-0.4, -0.2) is 35.9 Å². The minimum Gasteiger partial charge on any atom is -0.869 e. The summed E-state index contributed by atoms with van der Waals surface area (Å²) in [6, 6.07) is 0. The Labute approximate surface area is 179 Å². The molecule has 0 aromatic carbocycles. The van der Waals surface area contributed by atoms with Crippen molar-refractivity contribution in [1.29, 1.82) is 0 Å². The summed E-state index contributed by atoms with van der Waals surface area (Å²) in [6.07, 6.45) is -14.7. The zero-order valence-electron chi connectivity index (χ0n) is 15.4. The molecular weight excluding hydrogens is 503 g/mol. The van der Waals surface area contributed by atoms with Crippen LogP contribution >= 0.6 is 0 Å². The summed E-state index contributed by atoms with van der Waals surface area (Å²) >= 11 is 0. The Hall–Kier alpha value is -2.48. The SMILES string of the molecule is CC(=O)C=C([O-])C(F)(F)F.CC(=O)C=C([O-])C(F)(F)F.CC(=O)C=C([O-])C(F)(F)F.[Fe+3]. The van der Waals surface area contributed by atoms with Crippen LogP contribution in [0.5, 0.6) is 0 Å². The molecule has 0 spiro atoms. The summed E-state index contributed by atoms with van der Waals surface area (Å²) in [5.74, 6) is -9.04. The van der Waals surface area contributed by atoms with Gasteiger partial charge in [0.1, 0.15) is 0 Å². The number of carbonyl (C=O) groups excluding carboxylic acids is 3. The number of halogens is 9. The van der Waals surface area contributed by atoms with Crippen LogP contribution in [0, 0.1) is 0 Å². The largest absolute Gasteiger partial charge is 3.00 e. The van der Waals surface area contributed by atoms with E-state index in [0.29, 0.717) is 0 Å². The van der Waals surface area contributed by atoms with Crippen LogP contribution in [0.25, 0.3) is 0 Å². The van der Waals surface area contributed by atoms with E-state index in [-0.39, 0.29) is 35.3 Å². The molecular formula is C15H12F9FeO6. The molecule has 0 fully saturated rings. The third-order valence-electron chi connectivity index (χ3n) is 1.84. The first-order valence-electron chi connectivity index (χ1n) is 6.91. The number of hydrogen-bond donors (Lipinski definition) is 0. The van der Waals surface area contributed by atoms with Gasteiger partial charge in [-0.1, -0.05) is 0 Å². The van der Waals surface area contributed by atoms with Crippen LogP contribution in [-0.2, 0) is 31.5 Å². The molecule has 31 heavy (non-hydrogen) atoms. The van der Waals surface area contributed by atoms with Gasteiger partial charge in [0.25, 0.3) is 0 Å². The molecule has 0 heterocycles. The molecule has 1 radical (unpaired) electrons. The van der Waals surface area contributed by atoms with Crippen molar-refractivity contribution in [3.63, 3.8) is 0 Å². The van der Waals surface area contributed by atoms with Crippen molar-refractivity contribution in [2.75, 3.05) is 0 Å². The zero-order chi connectivity index (χ0) is 25.1. The molecule has 0 aliphatic carbocycles. The predicted molar refractivity (Wildman–Crippen MR) is 74.5 cm³/mol. The molecule has 0 saturated heterocycles. The molecule has 0 aromatic heterocycles. The monoisotopic (exact) mass is 515 g/mol. The third-order valence-corrected chi connectivity index (χ3v) is 1.84. The number of rotatable bonds is 3. The van der Waals surface area contributed by atoms with Gasteiger partial charge in [0.2, 0.25) is 0 Å². The van der Waals surface area contributed by atoms with Gasteiger partial charge in [0.05, 0.1) is 0 Å². The fourth-order valence-corrected chi connectivity index (χ4v) is 0.799. The van der Waals surface area contributed by atoms with Crippen molar-refractivity contribution in [1.82, 2.24) is 0 Å². The second kappa shape index (κ2) is 14.5. The predicted octanol–water partition coefficient (Wildman–Crippen LogP) is 1.14. The Morgan fingerprint density at radius 3 is 0.677 bits per heavy atom. The topological polar surface area (TPSA) is 120 Å². The van der Waals surface area contributed by atoms with Crippen LogP contribution in [0.4, 0.5) is 39.5 Å². The zero-order valence-corrected chi connectivity index (χ0v) is 16.5. The van der Waals surface area contributed by atoms with Gasteiger partial charge in [-0.2, -0.15) is 39.5 Å². The van der Waals surface area contributed by atoms with E-state index in [4.69, 9.17) is 0 Å². The minimum absolute atomic E-state index is 0. The molecule has 0 rings (SSSR count). The summed E-state index contributed by atoms with van der Waals surface area (Å²) < 4.78 is 101. The number of carbonyl (C=O) groups is 3. The summed E-state index contributed by atoms with van der Waals surface area (Å²) in [4.78, 5) is 29.8. The maximum atomic E-state index is 11.3. The fourth-order valence-electron chi connectivity index (χ4n) is 0.799. The molecule has 0 N–H and O–H groups in total. The van der Waals surface area contributed by atoms with E-state index in [1.807, 2.05) is 0 Å². The van der Waals surface area contributed by atoms with E-state index in [1.165, 1.54) is 0 Å². The van der Waals surface area contributed by atoms with Crippen LogP contribution in [0.1, 0.15) is 20.8 Å². The minimum atomic E-state index is -4.92. The number of ketones is 3. The van der Waals surface area contributed by atoms with Gasteiger partial charge in [-0.15, -0.1) is 0 Å². The fraction of sp³-hybridized carbons (Fsp3) is 0.400. The van der Waals surface area contributed by atoms with E-state index >= 15 is 0 Å². The quantitative estimate of drug-likeness (QED) is 0.241. The molecule has 0 bridgehead atoms. The van der Waals surface area contributed by atoms with Crippen molar-refractivity contribution in [3.05, 3.63) is 35.5 Å². The summed E-state index contributed by atoms with van der Waals surface area (Å²) in [5, 5.41) is 29.6. The summed E-state index contributed by atoms with van der Waals surface area (Å²) in [6.45, 7) is 2.64. The average Bonchev–Trinajstić information content (AvgIpc) is 2.43. The Kier molecular flexibility index (Phi) is 16.8. The molecule has 16 heteroatoms. The molecule has 0 aliphatic rings. The van der Waals surface area contributed by atoms with Crippen molar-refractivity contribution < 1.29 is 86.3 Å². The first-order chi connectivity index (χ1) is 13.0. The Morgan fingerprint density at radius 2 is 0.645 bits per heavy atom. The van der Waals surface area contributed by atoms with Gasteiger partial charge in [-0.25, -0.2) is 0 Å². The molecule has 0 atom stereocenters. The second-order valence-electron chi connectivity index (χ2n) is 4.85. The van der Waals surface area contributed by atoms with Crippen molar-refractivity contribution >= 4 is 17.3 Å². The first-order valence-corrected chi connectivity index (χ1v) is 6.91. The smallest absolute Gasteiger partial charge is 0.869 e. The van der Waals surface area contributed by atoms with Crippen molar-refractivity contribution in [3.8, 4) is 0 Å². The Morgan fingerprint density at radius 1 is 0.516 bits per heavy atom. The second-order valence-corrected chi connectivity index (χ2v) is 4.85. The number of hydrogen-bond acceptors (Lipinski definition) is 6. The van der Waals surface area contributed by atoms with Crippen LogP contribution < -0.4 is 15.3 Å². The van der Waals surface area contributed by atoms with E-state index in [1.54, 1.807) is 0 Å². The van der Waals surface area contributed by atoms with Gasteiger partial charge in [0.15, 0.2) is 17.3 Å². The maximum Gasteiger partial charge on any atom is 3.00 e. The standard InChI is InChI=1S/3C5H5F3O2.Fe/c3*1-3(9)2-4(10)5(6,7)8;/h3*2,10H,1H3;/q;;;+3/p-3. The van der Waals surface area contributed by atoms with Gasteiger partial charge in [-0.05, 0) is 56.3 Å². The van der Waals surface area contributed by atoms with Gasteiger partial charge >= 0.3 is 35.6 Å². The van der Waals surface area contributed by atoms with Crippen molar-refractivity contribution in [2.24, 2.45) is 0 Å². The molecule has 0 unspecified atom stereocenters. The molecule has 179 valence electrons. The summed E-state index contributed by atoms with van der Waals surface area (Å²) in [5.41, 5.74) is 0. The molecule has 6 nitrogen and oxygen atoms in total.